The Labute approximate surface area is 144 Å². The number of nitrogens with one attached hydrogen (secondary N) is 1. The molecule has 0 saturated carbocycles. The number of hydrogen-bond donors (Lipinski definition) is 1. The van der Waals surface area contributed by atoms with Gasteiger partial charge in [-0.15, -0.1) is 0 Å². The predicted molar refractivity (Wildman–Crippen MR) is 92.6 cm³/mol. The van der Waals surface area contributed by atoms with E-state index in [2.05, 4.69) is 5.32 Å². The Balaban J connectivity index is 2.05. The Morgan fingerprint density at radius 2 is 2.08 bits per heavy atom. The number of fused-ring (bicyclic) bond motifs is 1. The van der Waals surface area contributed by atoms with Gasteiger partial charge in [0.1, 0.15) is 0 Å². The van der Waals surface area contributed by atoms with Gasteiger partial charge in [0.05, 0.1) is 24.7 Å². The number of nitro benzene ring substituents is 1. The molecule has 0 amide bonds. The number of nitrogens with zero attached hydrogens (tertiary/aromatic N) is 1. The van der Waals surface area contributed by atoms with Crippen molar-refractivity contribution in [2.45, 2.75) is 19.4 Å². The molecule has 0 spiro atoms. The van der Waals surface area contributed by atoms with Crippen molar-refractivity contribution in [1.82, 2.24) is 0 Å². The summed E-state index contributed by atoms with van der Waals surface area (Å²) in [5.41, 5.74) is 1.78. The number of nitro groups is 1. The molecule has 1 N–H and O–H groups in total. The Morgan fingerprint density at radius 3 is 2.76 bits per heavy atom. The molecule has 7 heteroatoms. The average Bonchev–Trinajstić information content (AvgIpc) is 2.61. The molecular weight excluding hydrogens is 324 g/mol. The molecule has 0 fully saturated rings. The topological polar surface area (TPSA) is 90.7 Å². The third-order valence-electron chi connectivity index (χ3n) is 4.11. The van der Waals surface area contributed by atoms with Crippen molar-refractivity contribution in [3.63, 3.8) is 0 Å². The Kier molecular flexibility index (Phi) is 4.56. The van der Waals surface area contributed by atoms with Crippen LogP contribution >= 0.6 is 0 Å². The molecule has 3 rings (SSSR count). The van der Waals surface area contributed by atoms with E-state index in [1.165, 1.54) is 13.2 Å². The summed E-state index contributed by atoms with van der Waals surface area (Å²) in [7, 11) is 1.43. The number of carbonyl (C=O) groups excluding carboxylic acids is 1. The van der Waals surface area contributed by atoms with E-state index in [0.717, 1.165) is 5.69 Å². The van der Waals surface area contributed by atoms with E-state index in [-0.39, 0.29) is 42.0 Å². The first-order chi connectivity index (χ1) is 12.0. The fourth-order valence-corrected chi connectivity index (χ4v) is 2.97. The lowest BCUT2D eigenvalue weighted by Crippen LogP contribution is -2.22. The van der Waals surface area contributed by atoms with Gasteiger partial charge in [0.25, 0.3) is 0 Å². The molecule has 1 aliphatic heterocycles. The molecular formula is C18H18N2O5. The van der Waals surface area contributed by atoms with Crippen molar-refractivity contribution in [3.05, 3.63) is 57.6 Å². The molecule has 0 aliphatic carbocycles. The zero-order valence-electron chi connectivity index (χ0n) is 13.9. The molecule has 0 bridgehead atoms. The van der Waals surface area contributed by atoms with Gasteiger partial charge in [-0.1, -0.05) is 12.1 Å². The number of ketones is 1. The van der Waals surface area contributed by atoms with Crippen LogP contribution in [0.25, 0.3) is 0 Å². The van der Waals surface area contributed by atoms with E-state index < -0.39 is 4.92 Å². The summed E-state index contributed by atoms with van der Waals surface area (Å²) >= 11 is 0. The van der Waals surface area contributed by atoms with Gasteiger partial charge in [-0.2, -0.15) is 0 Å². The Morgan fingerprint density at radius 1 is 1.32 bits per heavy atom. The number of rotatable bonds is 5. The Bertz CT molecular complexity index is 834. The predicted octanol–water partition coefficient (Wildman–Crippen LogP) is 3.74. The van der Waals surface area contributed by atoms with Gasteiger partial charge < -0.3 is 14.8 Å². The summed E-state index contributed by atoms with van der Waals surface area (Å²) in [6.07, 6.45) is 0.214. The van der Waals surface area contributed by atoms with E-state index in [0.29, 0.717) is 11.1 Å². The van der Waals surface area contributed by atoms with Crippen molar-refractivity contribution in [2.75, 3.05) is 19.0 Å². The SMILES string of the molecule is CCOc1c(OC)cc(C2CC(=O)c3ccccc3N2)cc1[N+](=O)[O-]. The minimum Gasteiger partial charge on any atom is -0.493 e. The van der Waals surface area contributed by atoms with Crippen molar-refractivity contribution in [3.8, 4) is 11.5 Å². The van der Waals surface area contributed by atoms with Crippen LogP contribution in [0.5, 0.6) is 11.5 Å². The van der Waals surface area contributed by atoms with Gasteiger partial charge in [-0.25, -0.2) is 0 Å². The van der Waals surface area contributed by atoms with E-state index in [1.807, 2.05) is 18.2 Å². The number of anilines is 1. The molecule has 25 heavy (non-hydrogen) atoms. The lowest BCUT2D eigenvalue weighted by Gasteiger charge is -2.26. The molecule has 0 radical (unpaired) electrons. The van der Waals surface area contributed by atoms with Crippen molar-refractivity contribution in [1.29, 1.82) is 0 Å². The van der Waals surface area contributed by atoms with Gasteiger partial charge in [0.2, 0.25) is 5.75 Å². The highest BCUT2D eigenvalue weighted by Gasteiger charge is 2.29. The second-order valence-corrected chi connectivity index (χ2v) is 5.63. The third kappa shape index (κ3) is 3.13. The quantitative estimate of drug-likeness (QED) is 0.657. The number of benzene rings is 2. The number of para-hydroxylation sites is 1. The van der Waals surface area contributed by atoms with Crippen LogP contribution < -0.4 is 14.8 Å². The van der Waals surface area contributed by atoms with Crippen LogP contribution in [0, 0.1) is 10.1 Å². The van der Waals surface area contributed by atoms with Crippen LogP contribution in [0.15, 0.2) is 36.4 Å². The van der Waals surface area contributed by atoms with Gasteiger partial charge in [0, 0.05) is 23.7 Å². The fraction of sp³-hybridized carbons (Fsp3) is 0.278. The highest BCUT2D eigenvalue weighted by molar-refractivity contribution is 6.03. The number of Topliss-reactive ketones (excluding diaryl/α,β-unsaturated/α-hetero) is 1. The van der Waals surface area contributed by atoms with E-state index >= 15 is 0 Å². The van der Waals surface area contributed by atoms with Crippen LogP contribution in [0.1, 0.15) is 35.3 Å². The summed E-state index contributed by atoms with van der Waals surface area (Å²) < 4.78 is 10.7. The van der Waals surface area contributed by atoms with Crippen LogP contribution in [0.2, 0.25) is 0 Å². The minimum absolute atomic E-state index is 0.00476. The molecule has 1 atom stereocenters. The van der Waals surface area contributed by atoms with Gasteiger partial charge in [-0.3, -0.25) is 14.9 Å². The fourth-order valence-electron chi connectivity index (χ4n) is 2.97. The second-order valence-electron chi connectivity index (χ2n) is 5.63. The van der Waals surface area contributed by atoms with E-state index in [9.17, 15) is 14.9 Å². The van der Waals surface area contributed by atoms with Crippen LogP contribution in [-0.2, 0) is 0 Å². The lowest BCUT2D eigenvalue weighted by molar-refractivity contribution is -0.386. The molecule has 2 aromatic rings. The molecule has 7 nitrogen and oxygen atoms in total. The smallest absolute Gasteiger partial charge is 0.315 e. The Hall–Kier alpha value is -3.09. The van der Waals surface area contributed by atoms with Gasteiger partial charge in [-0.05, 0) is 30.7 Å². The highest BCUT2D eigenvalue weighted by Crippen LogP contribution is 2.42. The van der Waals surface area contributed by atoms with Gasteiger partial charge in [0.15, 0.2) is 11.5 Å². The summed E-state index contributed by atoms with van der Waals surface area (Å²) in [5.74, 6) is 0.371. The van der Waals surface area contributed by atoms with Crippen molar-refractivity contribution < 1.29 is 19.2 Å². The lowest BCUT2D eigenvalue weighted by atomic mass is 9.92. The number of hydrogen-bond acceptors (Lipinski definition) is 6. The largest absolute Gasteiger partial charge is 0.493 e. The van der Waals surface area contributed by atoms with Crippen LogP contribution in [0.4, 0.5) is 11.4 Å². The van der Waals surface area contributed by atoms with Gasteiger partial charge >= 0.3 is 5.69 Å². The summed E-state index contributed by atoms with van der Waals surface area (Å²) in [6, 6.07) is 9.97. The maximum Gasteiger partial charge on any atom is 0.315 e. The number of methoxy groups -OCH3 is 1. The minimum atomic E-state index is -0.504. The molecule has 0 saturated heterocycles. The summed E-state index contributed by atoms with van der Waals surface area (Å²) in [4.78, 5) is 23.3. The molecule has 0 aromatic heterocycles. The molecule has 2 aromatic carbocycles. The van der Waals surface area contributed by atoms with Crippen molar-refractivity contribution >= 4 is 17.2 Å². The first-order valence-corrected chi connectivity index (χ1v) is 7.93. The second kappa shape index (κ2) is 6.80. The average molecular weight is 342 g/mol. The molecule has 1 unspecified atom stereocenters. The normalized spacial score (nSPS) is 15.9. The van der Waals surface area contributed by atoms with Crippen molar-refractivity contribution in [2.24, 2.45) is 0 Å². The first kappa shape index (κ1) is 16.8. The van der Waals surface area contributed by atoms with Crippen LogP contribution in [-0.4, -0.2) is 24.4 Å². The molecule has 1 heterocycles. The van der Waals surface area contributed by atoms with E-state index in [1.54, 1.807) is 19.1 Å². The maximum atomic E-state index is 12.4. The summed E-state index contributed by atoms with van der Waals surface area (Å²) in [5, 5.41) is 14.7. The summed E-state index contributed by atoms with van der Waals surface area (Å²) in [6.45, 7) is 2.03. The molecule has 130 valence electrons. The monoisotopic (exact) mass is 342 g/mol. The number of ether oxygens (including phenoxy) is 2. The zero-order valence-corrected chi connectivity index (χ0v) is 13.9. The third-order valence-corrected chi connectivity index (χ3v) is 4.11. The zero-order chi connectivity index (χ0) is 18.0. The standard InChI is InChI=1S/C18H18N2O5/c1-3-25-18-15(20(22)23)8-11(9-17(18)24-2)14-10-16(21)12-6-4-5-7-13(12)19-14/h4-9,14,19H,3,10H2,1-2H3. The maximum absolute atomic E-state index is 12.4. The number of carbonyl (C=O) groups is 1. The first-order valence-electron chi connectivity index (χ1n) is 7.93. The van der Waals surface area contributed by atoms with Crippen LogP contribution in [0.3, 0.4) is 0 Å². The van der Waals surface area contributed by atoms with E-state index in [4.69, 9.17) is 9.47 Å². The molecule has 1 aliphatic rings. The highest BCUT2D eigenvalue weighted by atomic mass is 16.6.